The molecule has 0 unspecified atom stereocenters. The quantitative estimate of drug-likeness (QED) is 0.491. The summed E-state index contributed by atoms with van der Waals surface area (Å²) in [7, 11) is 0. The number of pyridine rings is 1. The third-order valence-electron chi connectivity index (χ3n) is 4.22. The summed E-state index contributed by atoms with van der Waals surface area (Å²) < 4.78 is 16.2. The van der Waals surface area contributed by atoms with E-state index in [1.165, 1.54) is 17.4 Å². The summed E-state index contributed by atoms with van der Waals surface area (Å²) in [6, 6.07) is 11.2. The zero-order valence-electron chi connectivity index (χ0n) is 15.2. The van der Waals surface area contributed by atoms with Gasteiger partial charge in [0.25, 0.3) is 0 Å². The maximum Gasteiger partial charge on any atom is 0.182 e. The van der Waals surface area contributed by atoms with Gasteiger partial charge in [0.2, 0.25) is 0 Å². The Hall–Kier alpha value is -2.93. The minimum atomic E-state index is -0.239. The molecule has 4 aromatic rings. The Bertz CT molecular complexity index is 1100. The monoisotopic (exact) mass is 379 g/mol. The molecule has 4 rings (SSSR count). The standard InChI is InChI=1S/C20H18FN5S/c1-12(2)26-11-23-25-19(26)16-5-4-6-17(24-16)20-22-10-18(27-20)14-8-7-13(3)9-15(14)21/h4-12H,1-3H3. The van der Waals surface area contributed by atoms with E-state index in [1.807, 2.05) is 35.8 Å². The molecule has 0 N–H and O–H groups in total. The topological polar surface area (TPSA) is 56.5 Å². The Morgan fingerprint density at radius 2 is 1.93 bits per heavy atom. The van der Waals surface area contributed by atoms with Crippen molar-refractivity contribution in [3.63, 3.8) is 0 Å². The Morgan fingerprint density at radius 3 is 2.70 bits per heavy atom. The van der Waals surface area contributed by atoms with Gasteiger partial charge in [0.1, 0.15) is 22.8 Å². The molecular weight excluding hydrogens is 361 g/mol. The smallest absolute Gasteiger partial charge is 0.182 e. The fraction of sp³-hybridized carbons (Fsp3) is 0.200. The van der Waals surface area contributed by atoms with Crippen LogP contribution in [0.1, 0.15) is 25.5 Å². The molecule has 0 atom stereocenters. The number of rotatable bonds is 4. The lowest BCUT2D eigenvalue weighted by atomic mass is 10.1. The largest absolute Gasteiger partial charge is 0.310 e. The molecule has 0 saturated carbocycles. The van der Waals surface area contributed by atoms with Crippen molar-refractivity contribution in [2.75, 3.05) is 0 Å². The molecule has 136 valence electrons. The average Bonchev–Trinajstić information content (AvgIpc) is 3.32. The van der Waals surface area contributed by atoms with E-state index in [0.717, 1.165) is 26.8 Å². The van der Waals surface area contributed by atoms with Crippen LogP contribution in [0, 0.1) is 12.7 Å². The number of thiazole rings is 1. The van der Waals surface area contributed by atoms with Crippen LogP contribution in [0.5, 0.6) is 0 Å². The molecule has 0 bridgehead atoms. The fourth-order valence-electron chi connectivity index (χ4n) is 2.82. The third-order valence-corrected chi connectivity index (χ3v) is 5.28. The van der Waals surface area contributed by atoms with Crippen LogP contribution in [0.4, 0.5) is 4.39 Å². The summed E-state index contributed by atoms with van der Waals surface area (Å²) in [4.78, 5) is 9.93. The van der Waals surface area contributed by atoms with Gasteiger partial charge in [-0.25, -0.2) is 14.4 Å². The number of benzene rings is 1. The first-order valence-electron chi connectivity index (χ1n) is 8.62. The van der Waals surface area contributed by atoms with Crippen molar-refractivity contribution < 1.29 is 4.39 Å². The molecule has 1 aromatic carbocycles. The highest BCUT2D eigenvalue weighted by Crippen LogP contribution is 2.33. The second-order valence-electron chi connectivity index (χ2n) is 6.58. The van der Waals surface area contributed by atoms with Crippen molar-refractivity contribution in [1.82, 2.24) is 24.7 Å². The van der Waals surface area contributed by atoms with Crippen LogP contribution >= 0.6 is 11.3 Å². The van der Waals surface area contributed by atoms with Crippen LogP contribution in [0.15, 0.2) is 48.9 Å². The SMILES string of the molecule is Cc1ccc(-c2cnc(-c3cccc(-c4nncn4C(C)C)n3)s2)c(F)c1. The maximum absolute atomic E-state index is 14.3. The van der Waals surface area contributed by atoms with Crippen molar-refractivity contribution in [3.05, 3.63) is 60.3 Å². The van der Waals surface area contributed by atoms with Gasteiger partial charge in [0.05, 0.1) is 10.6 Å². The van der Waals surface area contributed by atoms with E-state index in [9.17, 15) is 4.39 Å². The zero-order valence-corrected chi connectivity index (χ0v) is 16.0. The van der Waals surface area contributed by atoms with Crippen LogP contribution in [-0.2, 0) is 0 Å². The Morgan fingerprint density at radius 1 is 1.11 bits per heavy atom. The number of aromatic nitrogens is 5. The lowest BCUT2D eigenvalue weighted by Crippen LogP contribution is -2.03. The number of halogens is 1. The number of hydrogen-bond donors (Lipinski definition) is 0. The van der Waals surface area contributed by atoms with Crippen molar-refractivity contribution in [3.8, 4) is 32.7 Å². The van der Waals surface area contributed by atoms with Crippen LogP contribution in [0.3, 0.4) is 0 Å². The molecule has 0 aliphatic carbocycles. The number of nitrogens with zero attached hydrogens (tertiary/aromatic N) is 5. The molecule has 3 heterocycles. The molecule has 7 heteroatoms. The first-order valence-corrected chi connectivity index (χ1v) is 9.44. The molecule has 27 heavy (non-hydrogen) atoms. The average molecular weight is 379 g/mol. The lowest BCUT2D eigenvalue weighted by Gasteiger charge is -2.09. The molecule has 0 saturated heterocycles. The summed E-state index contributed by atoms with van der Waals surface area (Å²) in [5, 5.41) is 8.94. The van der Waals surface area contributed by atoms with E-state index >= 15 is 0 Å². The molecule has 0 aliphatic rings. The highest BCUT2D eigenvalue weighted by atomic mass is 32.1. The summed E-state index contributed by atoms with van der Waals surface area (Å²) in [5.41, 5.74) is 2.91. The molecular formula is C20H18FN5S. The summed E-state index contributed by atoms with van der Waals surface area (Å²) in [6.45, 7) is 6.01. The Labute approximate surface area is 160 Å². The van der Waals surface area contributed by atoms with Gasteiger partial charge in [-0.2, -0.15) is 0 Å². The minimum absolute atomic E-state index is 0.233. The predicted molar refractivity (Wildman–Crippen MR) is 105 cm³/mol. The minimum Gasteiger partial charge on any atom is -0.310 e. The molecule has 3 aromatic heterocycles. The van der Waals surface area contributed by atoms with Crippen LogP contribution in [0.25, 0.3) is 32.7 Å². The summed E-state index contributed by atoms with van der Waals surface area (Å²) in [6.07, 6.45) is 3.40. The Kier molecular flexibility index (Phi) is 4.53. The maximum atomic E-state index is 14.3. The third kappa shape index (κ3) is 3.38. The summed E-state index contributed by atoms with van der Waals surface area (Å²) in [5.74, 6) is 0.477. The van der Waals surface area contributed by atoms with Gasteiger partial charge in [-0.1, -0.05) is 18.2 Å². The van der Waals surface area contributed by atoms with Crippen molar-refractivity contribution >= 4 is 11.3 Å². The summed E-state index contributed by atoms with van der Waals surface area (Å²) >= 11 is 1.42. The molecule has 0 spiro atoms. The molecule has 0 radical (unpaired) electrons. The van der Waals surface area contributed by atoms with E-state index in [1.54, 1.807) is 18.6 Å². The second-order valence-corrected chi connectivity index (χ2v) is 7.61. The van der Waals surface area contributed by atoms with E-state index in [4.69, 9.17) is 4.98 Å². The van der Waals surface area contributed by atoms with Crippen molar-refractivity contribution in [1.29, 1.82) is 0 Å². The van der Waals surface area contributed by atoms with Gasteiger partial charge in [-0.3, -0.25) is 0 Å². The fourth-order valence-corrected chi connectivity index (χ4v) is 3.73. The van der Waals surface area contributed by atoms with Crippen LogP contribution in [-0.4, -0.2) is 24.7 Å². The van der Waals surface area contributed by atoms with E-state index in [2.05, 4.69) is 29.0 Å². The molecule has 0 aliphatic heterocycles. The van der Waals surface area contributed by atoms with Gasteiger partial charge in [0, 0.05) is 17.8 Å². The van der Waals surface area contributed by atoms with Crippen molar-refractivity contribution in [2.45, 2.75) is 26.8 Å². The van der Waals surface area contributed by atoms with Crippen molar-refractivity contribution in [2.24, 2.45) is 0 Å². The molecule has 0 amide bonds. The van der Waals surface area contributed by atoms with Gasteiger partial charge < -0.3 is 4.57 Å². The highest BCUT2D eigenvalue weighted by molar-refractivity contribution is 7.18. The normalized spacial score (nSPS) is 11.3. The number of aryl methyl sites for hydroxylation is 1. The lowest BCUT2D eigenvalue weighted by molar-refractivity contribution is 0.603. The first-order chi connectivity index (χ1) is 13.0. The van der Waals surface area contributed by atoms with Crippen LogP contribution < -0.4 is 0 Å². The highest BCUT2D eigenvalue weighted by Gasteiger charge is 2.15. The first kappa shape index (κ1) is 17.5. The Balaban J connectivity index is 1.71. The van der Waals surface area contributed by atoms with Gasteiger partial charge >= 0.3 is 0 Å². The molecule has 5 nitrogen and oxygen atoms in total. The van der Waals surface area contributed by atoms with Gasteiger partial charge in [0.15, 0.2) is 5.82 Å². The zero-order chi connectivity index (χ0) is 19.0. The van der Waals surface area contributed by atoms with Gasteiger partial charge in [-0.05, 0) is 44.5 Å². The van der Waals surface area contributed by atoms with Gasteiger partial charge in [-0.15, -0.1) is 21.5 Å². The number of hydrogen-bond acceptors (Lipinski definition) is 5. The molecule has 0 fully saturated rings. The second kappa shape index (κ2) is 7.00. The van der Waals surface area contributed by atoms with E-state index in [0.29, 0.717) is 11.4 Å². The van der Waals surface area contributed by atoms with Crippen LogP contribution in [0.2, 0.25) is 0 Å². The van der Waals surface area contributed by atoms with E-state index in [-0.39, 0.29) is 11.9 Å². The predicted octanol–water partition coefficient (Wildman–Crippen LogP) is 5.16. The van der Waals surface area contributed by atoms with E-state index < -0.39 is 0 Å².